The van der Waals surface area contributed by atoms with Gasteiger partial charge in [0.25, 0.3) is 0 Å². The lowest BCUT2D eigenvalue weighted by Crippen LogP contribution is -2.50. The number of amides is 1. The van der Waals surface area contributed by atoms with Crippen molar-refractivity contribution < 1.29 is 19.4 Å². The van der Waals surface area contributed by atoms with Gasteiger partial charge in [-0.2, -0.15) is 0 Å². The maximum Gasteiger partial charge on any atom is 0.341 e. The molecule has 0 spiro atoms. The van der Waals surface area contributed by atoms with E-state index in [2.05, 4.69) is 5.32 Å². The van der Waals surface area contributed by atoms with E-state index in [1.807, 2.05) is 13.8 Å². The SMILES string of the molecule is CCC(N)(CC)C(=O)Nc1cccc(OCC(=O)O)c1. The number of hydrogen-bond donors (Lipinski definition) is 3. The molecule has 0 aliphatic rings. The number of nitrogens with one attached hydrogen (secondary N) is 1. The van der Waals surface area contributed by atoms with Gasteiger partial charge in [-0.05, 0) is 25.0 Å². The molecule has 1 rings (SSSR count). The summed E-state index contributed by atoms with van der Waals surface area (Å²) < 4.78 is 5.05. The summed E-state index contributed by atoms with van der Waals surface area (Å²) in [5.41, 5.74) is 5.62. The van der Waals surface area contributed by atoms with E-state index in [1.165, 1.54) is 0 Å². The van der Waals surface area contributed by atoms with E-state index in [4.69, 9.17) is 15.6 Å². The molecule has 0 aliphatic heterocycles. The number of carboxylic acids is 1. The molecule has 0 heterocycles. The van der Waals surface area contributed by atoms with Crippen molar-refractivity contribution in [2.24, 2.45) is 5.73 Å². The molecule has 6 heteroatoms. The van der Waals surface area contributed by atoms with Gasteiger partial charge in [0, 0.05) is 11.8 Å². The van der Waals surface area contributed by atoms with Gasteiger partial charge in [0.15, 0.2) is 6.61 Å². The number of aliphatic carboxylic acids is 1. The van der Waals surface area contributed by atoms with Crippen LogP contribution in [0.15, 0.2) is 24.3 Å². The third kappa shape index (κ3) is 4.24. The molecular formula is C14H20N2O4. The Morgan fingerprint density at radius 2 is 2.00 bits per heavy atom. The molecule has 0 radical (unpaired) electrons. The van der Waals surface area contributed by atoms with Crippen molar-refractivity contribution in [1.82, 2.24) is 0 Å². The van der Waals surface area contributed by atoms with Crippen LogP contribution in [0.1, 0.15) is 26.7 Å². The normalized spacial score (nSPS) is 10.9. The highest BCUT2D eigenvalue weighted by molar-refractivity contribution is 5.98. The van der Waals surface area contributed by atoms with Gasteiger partial charge in [-0.3, -0.25) is 4.79 Å². The van der Waals surface area contributed by atoms with Crippen molar-refractivity contribution in [2.75, 3.05) is 11.9 Å². The number of benzene rings is 1. The van der Waals surface area contributed by atoms with Crippen LogP contribution < -0.4 is 15.8 Å². The molecule has 0 atom stereocenters. The fourth-order valence-electron chi connectivity index (χ4n) is 1.64. The van der Waals surface area contributed by atoms with Gasteiger partial charge in [-0.25, -0.2) is 4.79 Å². The molecule has 6 nitrogen and oxygen atoms in total. The number of rotatable bonds is 7. The predicted octanol–water partition coefficient (Wildman–Crippen LogP) is 1.61. The summed E-state index contributed by atoms with van der Waals surface area (Å²) in [6.07, 6.45) is 1.06. The molecule has 1 aromatic carbocycles. The van der Waals surface area contributed by atoms with Crippen LogP contribution in [-0.2, 0) is 9.59 Å². The number of carbonyl (C=O) groups excluding carboxylic acids is 1. The maximum absolute atomic E-state index is 12.1. The third-order valence-electron chi connectivity index (χ3n) is 3.17. The second-order valence-corrected chi connectivity index (χ2v) is 4.53. The molecule has 0 aliphatic carbocycles. The lowest BCUT2D eigenvalue weighted by atomic mass is 9.93. The van der Waals surface area contributed by atoms with Crippen LogP contribution in [0.3, 0.4) is 0 Å². The molecule has 0 bridgehead atoms. The lowest BCUT2D eigenvalue weighted by molar-refractivity contribution is -0.139. The molecule has 0 saturated heterocycles. The van der Waals surface area contributed by atoms with Gasteiger partial charge < -0.3 is 20.9 Å². The third-order valence-corrected chi connectivity index (χ3v) is 3.17. The Hall–Kier alpha value is -2.08. The van der Waals surface area contributed by atoms with E-state index in [9.17, 15) is 9.59 Å². The smallest absolute Gasteiger partial charge is 0.341 e. The topological polar surface area (TPSA) is 102 Å². The van der Waals surface area contributed by atoms with E-state index in [0.717, 1.165) is 0 Å². The maximum atomic E-state index is 12.1. The molecule has 20 heavy (non-hydrogen) atoms. The molecular weight excluding hydrogens is 260 g/mol. The summed E-state index contributed by atoms with van der Waals surface area (Å²) in [4.78, 5) is 22.5. The first-order valence-corrected chi connectivity index (χ1v) is 6.46. The van der Waals surface area contributed by atoms with Crippen LogP contribution in [0.4, 0.5) is 5.69 Å². The quantitative estimate of drug-likeness (QED) is 0.704. The van der Waals surface area contributed by atoms with Crippen LogP contribution in [0, 0.1) is 0 Å². The first-order valence-electron chi connectivity index (χ1n) is 6.46. The number of anilines is 1. The summed E-state index contributed by atoms with van der Waals surface area (Å²) in [5, 5.41) is 11.3. The summed E-state index contributed by atoms with van der Waals surface area (Å²) in [7, 11) is 0. The first-order chi connectivity index (χ1) is 9.41. The van der Waals surface area contributed by atoms with Crippen LogP contribution in [0.25, 0.3) is 0 Å². The molecule has 0 aromatic heterocycles. The Morgan fingerprint density at radius 1 is 1.35 bits per heavy atom. The predicted molar refractivity (Wildman–Crippen MR) is 75.7 cm³/mol. The van der Waals surface area contributed by atoms with E-state index in [-0.39, 0.29) is 5.91 Å². The zero-order valence-corrected chi connectivity index (χ0v) is 11.7. The standard InChI is InChI=1S/C14H20N2O4/c1-3-14(15,4-2)13(19)16-10-6-5-7-11(8-10)20-9-12(17)18/h5-8H,3-4,9,15H2,1-2H3,(H,16,19)(H,17,18). The van der Waals surface area contributed by atoms with Crippen LogP contribution in [0.5, 0.6) is 5.75 Å². The van der Waals surface area contributed by atoms with Gasteiger partial charge in [-0.1, -0.05) is 19.9 Å². The number of ether oxygens (including phenoxy) is 1. The summed E-state index contributed by atoms with van der Waals surface area (Å²) in [6.45, 7) is 3.28. The zero-order valence-electron chi connectivity index (χ0n) is 11.7. The number of carboxylic acid groups (broad SMARTS) is 1. The van der Waals surface area contributed by atoms with Crippen molar-refractivity contribution in [3.63, 3.8) is 0 Å². The molecule has 0 unspecified atom stereocenters. The van der Waals surface area contributed by atoms with Gasteiger partial charge in [0.2, 0.25) is 5.91 Å². The average molecular weight is 280 g/mol. The molecule has 0 saturated carbocycles. The van der Waals surface area contributed by atoms with E-state index < -0.39 is 18.1 Å². The fraction of sp³-hybridized carbons (Fsp3) is 0.429. The highest BCUT2D eigenvalue weighted by Gasteiger charge is 2.29. The van der Waals surface area contributed by atoms with Crippen molar-refractivity contribution in [3.8, 4) is 5.75 Å². The summed E-state index contributed by atoms with van der Waals surface area (Å²) in [5.74, 6) is -0.948. The summed E-state index contributed by atoms with van der Waals surface area (Å²) in [6, 6.07) is 6.54. The van der Waals surface area contributed by atoms with E-state index in [0.29, 0.717) is 24.3 Å². The molecule has 0 fully saturated rings. The monoisotopic (exact) mass is 280 g/mol. The molecule has 1 aromatic rings. The van der Waals surface area contributed by atoms with Crippen molar-refractivity contribution in [2.45, 2.75) is 32.2 Å². The average Bonchev–Trinajstić information content (AvgIpc) is 2.44. The summed E-state index contributed by atoms with van der Waals surface area (Å²) >= 11 is 0. The Labute approximate surface area is 117 Å². The van der Waals surface area contributed by atoms with Crippen LogP contribution in [-0.4, -0.2) is 29.1 Å². The van der Waals surface area contributed by atoms with Gasteiger partial charge in [0.05, 0.1) is 5.54 Å². The molecule has 110 valence electrons. The van der Waals surface area contributed by atoms with Crippen molar-refractivity contribution in [1.29, 1.82) is 0 Å². The first kappa shape index (κ1) is 16.0. The Morgan fingerprint density at radius 3 is 2.55 bits per heavy atom. The van der Waals surface area contributed by atoms with Gasteiger partial charge in [0.1, 0.15) is 5.75 Å². The fourth-order valence-corrected chi connectivity index (χ4v) is 1.64. The largest absolute Gasteiger partial charge is 0.482 e. The highest BCUT2D eigenvalue weighted by Crippen LogP contribution is 2.20. The zero-order chi connectivity index (χ0) is 15.2. The highest BCUT2D eigenvalue weighted by atomic mass is 16.5. The number of nitrogens with two attached hydrogens (primary N) is 1. The van der Waals surface area contributed by atoms with E-state index >= 15 is 0 Å². The minimum absolute atomic E-state index is 0.266. The van der Waals surface area contributed by atoms with Crippen molar-refractivity contribution >= 4 is 17.6 Å². The Bertz CT molecular complexity index is 484. The Balaban J connectivity index is 2.75. The van der Waals surface area contributed by atoms with Gasteiger partial charge >= 0.3 is 5.97 Å². The molecule has 4 N–H and O–H groups in total. The lowest BCUT2D eigenvalue weighted by Gasteiger charge is -2.25. The number of hydrogen-bond acceptors (Lipinski definition) is 4. The van der Waals surface area contributed by atoms with Crippen molar-refractivity contribution in [3.05, 3.63) is 24.3 Å². The van der Waals surface area contributed by atoms with E-state index in [1.54, 1.807) is 24.3 Å². The van der Waals surface area contributed by atoms with Gasteiger partial charge in [-0.15, -0.1) is 0 Å². The van der Waals surface area contributed by atoms with Crippen LogP contribution >= 0.6 is 0 Å². The second-order valence-electron chi connectivity index (χ2n) is 4.53. The minimum Gasteiger partial charge on any atom is -0.482 e. The molecule has 1 amide bonds. The van der Waals surface area contributed by atoms with Crippen LogP contribution in [0.2, 0.25) is 0 Å². The Kier molecular flexibility index (Phi) is 5.52. The number of carbonyl (C=O) groups is 2. The second kappa shape index (κ2) is 6.91. The minimum atomic E-state index is -1.06.